The lowest BCUT2D eigenvalue weighted by Gasteiger charge is -2.12. The highest BCUT2D eigenvalue weighted by molar-refractivity contribution is 5.34. The van der Waals surface area contributed by atoms with Crippen LogP contribution in [0.5, 0.6) is 5.75 Å². The SMILES string of the molecule is CN(C)CCCCCCOc1ccccc1CCc1ccccc1. The van der Waals surface area contributed by atoms with Gasteiger partial charge >= 0.3 is 0 Å². The van der Waals surface area contributed by atoms with E-state index in [-0.39, 0.29) is 0 Å². The van der Waals surface area contributed by atoms with E-state index in [9.17, 15) is 0 Å². The van der Waals surface area contributed by atoms with Crippen molar-refractivity contribution in [3.63, 3.8) is 0 Å². The van der Waals surface area contributed by atoms with E-state index in [1.54, 1.807) is 0 Å². The Morgan fingerprint density at radius 3 is 2.25 bits per heavy atom. The maximum absolute atomic E-state index is 6.04. The predicted octanol–water partition coefficient (Wildman–Crippen LogP) is 4.97. The van der Waals surface area contributed by atoms with Gasteiger partial charge in [0.05, 0.1) is 6.61 Å². The lowest BCUT2D eigenvalue weighted by molar-refractivity contribution is 0.299. The van der Waals surface area contributed by atoms with Crippen molar-refractivity contribution >= 4 is 0 Å². The van der Waals surface area contributed by atoms with Gasteiger partial charge < -0.3 is 9.64 Å². The quantitative estimate of drug-likeness (QED) is 0.541. The first-order chi connectivity index (χ1) is 11.8. The first-order valence-electron chi connectivity index (χ1n) is 9.15. The monoisotopic (exact) mass is 325 g/mol. The van der Waals surface area contributed by atoms with Crippen LogP contribution in [0.25, 0.3) is 0 Å². The highest BCUT2D eigenvalue weighted by Gasteiger charge is 2.03. The fourth-order valence-electron chi connectivity index (χ4n) is 2.84. The number of para-hydroxylation sites is 1. The van der Waals surface area contributed by atoms with E-state index in [0.717, 1.165) is 31.6 Å². The maximum Gasteiger partial charge on any atom is 0.122 e. The molecule has 0 aliphatic carbocycles. The second kappa shape index (κ2) is 10.9. The first-order valence-corrected chi connectivity index (χ1v) is 9.15. The number of unbranched alkanes of at least 4 members (excludes halogenated alkanes) is 3. The molecule has 0 spiro atoms. The van der Waals surface area contributed by atoms with E-state index < -0.39 is 0 Å². The Morgan fingerprint density at radius 2 is 1.46 bits per heavy atom. The maximum atomic E-state index is 6.04. The van der Waals surface area contributed by atoms with Crippen LogP contribution in [0.15, 0.2) is 54.6 Å². The Bertz CT molecular complexity index is 565. The predicted molar refractivity (Wildman–Crippen MR) is 103 cm³/mol. The molecule has 0 saturated carbocycles. The van der Waals surface area contributed by atoms with Gasteiger partial charge in [-0.1, -0.05) is 61.4 Å². The summed E-state index contributed by atoms with van der Waals surface area (Å²) in [5.41, 5.74) is 2.70. The lowest BCUT2D eigenvalue weighted by atomic mass is 10.0. The van der Waals surface area contributed by atoms with Gasteiger partial charge in [0.15, 0.2) is 0 Å². The molecule has 0 radical (unpaired) electrons. The summed E-state index contributed by atoms with van der Waals surface area (Å²) < 4.78 is 6.04. The van der Waals surface area contributed by atoms with Crippen molar-refractivity contribution in [2.24, 2.45) is 0 Å². The van der Waals surface area contributed by atoms with E-state index >= 15 is 0 Å². The number of nitrogens with zero attached hydrogens (tertiary/aromatic N) is 1. The molecule has 0 aliphatic heterocycles. The van der Waals surface area contributed by atoms with Crippen LogP contribution in [0.1, 0.15) is 36.8 Å². The number of hydrogen-bond donors (Lipinski definition) is 0. The Morgan fingerprint density at radius 1 is 0.750 bits per heavy atom. The number of aryl methyl sites for hydroxylation is 2. The summed E-state index contributed by atoms with van der Waals surface area (Å²) in [7, 11) is 4.27. The van der Waals surface area contributed by atoms with Gasteiger partial charge in [0, 0.05) is 0 Å². The molecule has 130 valence electrons. The molecule has 24 heavy (non-hydrogen) atoms. The summed E-state index contributed by atoms with van der Waals surface area (Å²) in [6.45, 7) is 2.01. The molecule has 0 fully saturated rings. The molecule has 0 unspecified atom stereocenters. The van der Waals surface area contributed by atoms with Crippen molar-refractivity contribution in [1.82, 2.24) is 4.90 Å². The number of hydrogen-bond acceptors (Lipinski definition) is 2. The summed E-state index contributed by atoms with van der Waals surface area (Å²) in [4.78, 5) is 2.25. The lowest BCUT2D eigenvalue weighted by Crippen LogP contribution is -2.12. The average molecular weight is 325 g/mol. The summed E-state index contributed by atoms with van der Waals surface area (Å²) in [5.74, 6) is 1.06. The minimum Gasteiger partial charge on any atom is -0.493 e. The molecule has 2 aromatic carbocycles. The molecule has 0 atom stereocenters. The Hall–Kier alpha value is -1.80. The zero-order chi connectivity index (χ0) is 17.0. The van der Waals surface area contributed by atoms with Gasteiger partial charge in [0.2, 0.25) is 0 Å². The van der Waals surface area contributed by atoms with Crippen LogP contribution in [0.4, 0.5) is 0 Å². The van der Waals surface area contributed by atoms with Crippen molar-refractivity contribution in [2.75, 3.05) is 27.2 Å². The molecule has 0 aliphatic rings. The van der Waals surface area contributed by atoms with Gasteiger partial charge in [-0.25, -0.2) is 0 Å². The topological polar surface area (TPSA) is 12.5 Å². The van der Waals surface area contributed by atoms with Gasteiger partial charge in [-0.15, -0.1) is 0 Å². The molecule has 0 heterocycles. The van der Waals surface area contributed by atoms with Gasteiger partial charge in [-0.3, -0.25) is 0 Å². The Labute approximate surface area is 147 Å². The summed E-state index contributed by atoms with van der Waals surface area (Å²) in [5, 5.41) is 0. The third-order valence-electron chi connectivity index (χ3n) is 4.26. The van der Waals surface area contributed by atoms with Crippen molar-refractivity contribution in [3.8, 4) is 5.75 Å². The number of benzene rings is 2. The number of ether oxygens (including phenoxy) is 1. The van der Waals surface area contributed by atoms with E-state index in [2.05, 4.69) is 73.6 Å². The minimum atomic E-state index is 0.824. The second-order valence-electron chi connectivity index (χ2n) is 6.66. The van der Waals surface area contributed by atoms with Crippen molar-refractivity contribution < 1.29 is 4.74 Å². The van der Waals surface area contributed by atoms with Crippen molar-refractivity contribution in [1.29, 1.82) is 0 Å². The fourth-order valence-corrected chi connectivity index (χ4v) is 2.84. The zero-order valence-corrected chi connectivity index (χ0v) is 15.2. The van der Waals surface area contributed by atoms with Crippen LogP contribution < -0.4 is 4.74 Å². The molecular weight excluding hydrogens is 294 g/mol. The highest BCUT2D eigenvalue weighted by Crippen LogP contribution is 2.20. The van der Waals surface area contributed by atoms with Crippen LogP contribution >= 0.6 is 0 Å². The van der Waals surface area contributed by atoms with E-state index in [1.807, 2.05) is 0 Å². The van der Waals surface area contributed by atoms with Crippen LogP contribution in [0.3, 0.4) is 0 Å². The molecule has 2 heteroatoms. The summed E-state index contributed by atoms with van der Waals surface area (Å²) in [6, 6.07) is 19.1. The molecular formula is C22H31NO. The van der Waals surface area contributed by atoms with Gasteiger partial charge in [-0.05, 0) is 63.5 Å². The van der Waals surface area contributed by atoms with Gasteiger partial charge in [-0.2, -0.15) is 0 Å². The first kappa shape index (κ1) is 18.5. The van der Waals surface area contributed by atoms with Crippen LogP contribution in [-0.2, 0) is 12.8 Å². The van der Waals surface area contributed by atoms with Gasteiger partial charge in [0.25, 0.3) is 0 Å². The minimum absolute atomic E-state index is 0.824. The van der Waals surface area contributed by atoms with Crippen LogP contribution in [0, 0.1) is 0 Å². The smallest absolute Gasteiger partial charge is 0.122 e. The number of rotatable bonds is 11. The van der Waals surface area contributed by atoms with Crippen LogP contribution in [0.2, 0.25) is 0 Å². The molecule has 2 nitrogen and oxygen atoms in total. The van der Waals surface area contributed by atoms with Crippen LogP contribution in [-0.4, -0.2) is 32.1 Å². The van der Waals surface area contributed by atoms with Gasteiger partial charge in [0.1, 0.15) is 5.75 Å². The zero-order valence-electron chi connectivity index (χ0n) is 15.2. The molecule has 2 aromatic rings. The average Bonchev–Trinajstić information content (AvgIpc) is 2.60. The Balaban J connectivity index is 1.71. The summed E-state index contributed by atoms with van der Waals surface area (Å²) in [6.07, 6.45) is 7.05. The highest BCUT2D eigenvalue weighted by atomic mass is 16.5. The molecule has 0 saturated heterocycles. The molecule has 0 N–H and O–H groups in total. The van der Waals surface area contributed by atoms with E-state index in [0.29, 0.717) is 0 Å². The van der Waals surface area contributed by atoms with Crippen molar-refractivity contribution in [2.45, 2.75) is 38.5 Å². The largest absolute Gasteiger partial charge is 0.493 e. The Kier molecular flexibility index (Phi) is 8.40. The third-order valence-corrected chi connectivity index (χ3v) is 4.26. The standard InChI is InChI=1S/C22H31NO/c1-23(2)18-10-3-4-11-19-24-22-15-9-8-14-21(22)17-16-20-12-6-5-7-13-20/h5-9,12-15H,3-4,10-11,16-19H2,1-2H3. The third kappa shape index (κ3) is 7.18. The molecule has 0 aromatic heterocycles. The molecule has 2 rings (SSSR count). The second-order valence-corrected chi connectivity index (χ2v) is 6.66. The molecule has 0 amide bonds. The van der Waals surface area contributed by atoms with E-state index in [4.69, 9.17) is 4.74 Å². The normalized spacial score (nSPS) is 11.0. The van der Waals surface area contributed by atoms with Crippen molar-refractivity contribution in [3.05, 3.63) is 65.7 Å². The molecule has 0 bridgehead atoms. The van der Waals surface area contributed by atoms with E-state index in [1.165, 1.54) is 36.9 Å². The fraction of sp³-hybridized carbons (Fsp3) is 0.455. The summed E-state index contributed by atoms with van der Waals surface area (Å²) >= 11 is 0.